The Labute approximate surface area is 174 Å². The zero-order valence-corrected chi connectivity index (χ0v) is 19.1. The average Bonchev–Trinajstić information content (AvgIpc) is 3.09. The minimum atomic E-state index is 0.802. The number of fused-ring (bicyclic) bond motifs is 1. The molecule has 0 aliphatic carbocycles. The molecule has 28 heavy (non-hydrogen) atoms. The van der Waals surface area contributed by atoms with E-state index in [2.05, 4.69) is 73.7 Å². The maximum Gasteiger partial charge on any atom is 0.0882 e. The predicted octanol–water partition coefficient (Wildman–Crippen LogP) is 6.34. The second-order valence-electron chi connectivity index (χ2n) is 8.70. The summed E-state index contributed by atoms with van der Waals surface area (Å²) in [5.41, 5.74) is 10.5. The lowest BCUT2D eigenvalue weighted by Gasteiger charge is -2.34. The quantitative estimate of drug-likeness (QED) is 0.389. The predicted molar refractivity (Wildman–Crippen MR) is 123 cm³/mol. The molecule has 4 nitrogen and oxygen atoms in total. The van der Waals surface area contributed by atoms with E-state index < -0.39 is 0 Å². The largest absolute Gasteiger partial charge is 0.302 e. The van der Waals surface area contributed by atoms with Gasteiger partial charge in [0, 0.05) is 13.1 Å². The molecule has 0 fully saturated rings. The summed E-state index contributed by atoms with van der Waals surface area (Å²) >= 11 is 0. The molecule has 2 N–H and O–H groups in total. The fourth-order valence-electron chi connectivity index (χ4n) is 4.23. The maximum atomic E-state index is 3.39. The van der Waals surface area contributed by atoms with Crippen molar-refractivity contribution in [3.05, 3.63) is 23.8 Å². The summed E-state index contributed by atoms with van der Waals surface area (Å²) in [7, 11) is 0. The number of hydrazine groups is 2. The average molecular weight is 389 g/mol. The molecule has 2 rings (SSSR count). The molecule has 0 amide bonds. The Kier molecular flexibility index (Phi) is 10.1. The van der Waals surface area contributed by atoms with Gasteiger partial charge in [0.1, 0.15) is 0 Å². The molecule has 0 saturated heterocycles. The van der Waals surface area contributed by atoms with Crippen molar-refractivity contribution >= 4 is 11.4 Å². The standard InChI is InChI=1S/C24H44N4/c1-6-10-12-21(8-3)17-27(18-22(9-4)13-11-7-2)19-28-24-16-20(5)14-15-23(24)25-26-28/h14-16,21-22,25-26H,6-13,17-19H2,1-5H3. The van der Waals surface area contributed by atoms with Crippen molar-refractivity contribution in [2.24, 2.45) is 11.8 Å². The molecule has 1 aliphatic rings. The van der Waals surface area contributed by atoms with Crippen molar-refractivity contribution in [2.75, 3.05) is 30.2 Å². The molecule has 0 saturated carbocycles. The molecule has 160 valence electrons. The van der Waals surface area contributed by atoms with Crippen molar-refractivity contribution in [2.45, 2.75) is 86.0 Å². The number of benzene rings is 1. The van der Waals surface area contributed by atoms with Gasteiger partial charge in [0.25, 0.3) is 0 Å². The van der Waals surface area contributed by atoms with Crippen LogP contribution in [-0.2, 0) is 0 Å². The summed E-state index contributed by atoms with van der Waals surface area (Å²) < 4.78 is 0. The number of hydrogen-bond donors (Lipinski definition) is 2. The monoisotopic (exact) mass is 388 g/mol. The second-order valence-corrected chi connectivity index (χ2v) is 8.70. The molecule has 0 spiro atoms. The lowest BCUT2D eigenvalue weighted by atomic mass is 9.96. The third-order valence-electron chi connectivity index (χ3n) is 6.23. The van der Waals surface area contributed by atoms with Crippen LogP contribution in [-0.4, -0.2) is 24.7 Å². The number of nitrogens with zero attached hydrogens (tertiary/aromatic N) is 2. The smallest absolute Gasteiger partial charge is 0.0882 e. The number of unbranched alkanes of at least 4 members (excludes halogenated alkanes) is 2. The van der Waals surface area contributed by atoms with E-state index in [1.54, 1.807) is 0 Å². The van der Waals surface area contributed by atoms with Crippen LogP contribution in [0.25, 0.3) is 0 Å². The third kappa shape index (κ3) is 6.97. The molecule has 0 aromatic heterocycles. The number of aryl methyl sites for hydroxylation is 1. The van der Waals surface area contributed by atoms with Crippen LogP contribution in [0.15, 0.2) is 18.2 Å². The van der Waals surface area contributed by atoms with Gasteiger partial charge in [-0.3, -0.25) is 9.91 Å². The lowest BCUT2D eigenvalue weighted by molar-refractivity contribution is 0.178. The van der Waals surface area contributed by atoms with Crippen molar-refractivity contribution in [3.63, 3.8) is 0 Å². The van der Waals surface area contributed by atoms with Crippen LogP contribution >= 0.6 is 0 Å². The van der Waals surface area contributed by atoms with Crippen LogP contribution in [0, 0.1) is 18.8 Å². The first-order chi connectivity index (χ1) is 13.6. The van der Waals surface area contributed by atoms with E-state index in [-0.39, 0.29) is 0 Å². The Bertz CT molecular complexity index is 542. The Morgan fingerprint density at radius 3 is 2.07 bits per heavy atom. The minimum absolute atomic E-state index is 0.802. The zero-order valence-electron chi connectivity index (χ0n) is 19.1. The molecule has 1 aromatic rings. The van der Waals surface area contributed by atoms with Crippen LogP contribution < -0.4 is 16.0 Å². The highest BCUT2D eigenvalue weighted by Crippen LogP contribution is 2.30. The normalized spacial score (nSPS) is 15.6. The van der Waals surface area contributed by atoms with Crippen molar-refractivity contribution in [3.8, 4) is 0 Å². The van der Waals surface area contributed by atoms with E-state index in [0.29, 0.717) is 0 Å². The van der Waals surface area contributed by atoms with Gasteiger partial charge < -0.3 is 5.43 Å². The SMILES string of the molecule is CCCCC(CC)CN(CC(CC)CCCC)CN1NNc2ccc(C)cc21. The maximum absolute atomic E-state index is 3.39. The summed E-state index contributed by atoms with van der Waals surface area (Å²) in [4.78, 5) is 2.71. The van der Waals surface area contributed by atoms with E-state index in [9.17, 15) is 0 Å². The van der Waals surface area contributed by atoms with Gasteiger partial charge in [-0.1, -0.05) is 72.3 Å². The van der Waals surface area contributed by atoms with E-state index >= 15 is 0 Å². The summed E-state index contributed by atoms with van der Waals surface area (Å²) in [6.45, 7) is 14.9. The van der Waals surface area contributed by atoms with Gasteiger partial charge in [-0.2, -0.15) is 0 Å². The van der Waals surface area contributed by atoms with Crippen LogP contribution in [0.1, 0.15) is 84.6 Å². The first-order valence-electron chi connectivity index (χ1n) is 11.7. The molecule has 1 aromatic carbocycles. The van der Waals surface area contributed by atoms with E-state index in [4.69, 9.17) is 0 Å². The van der Waals surface area contributed by atoms with Gasteiger partial charge in [-0.05, 0) is 49.3 Å². The van der Waals surface area contributed by atoms with Gasteiger partial charge in [0.2, 0.25) is 0 Å². The van der Waals surface area contributed by atoms with E-state index in [1.807, 2.05) is 0 Å². The molecular weight excluding hydrogens is 344 g/mol. The van der Waals surface area contributed by atoms with Crippen LogP contribution in [0.2, 0.25) is 0 Å². The molecular formula is C24H44N4. The van der Waals surface area contributed by atoms with E-state index in [0.717, 1.165) is 18.5 Å². The van der Waals surface area contributed by atoms with Crippen molar-refractivity contribution < 1.29 is 0 Å². The topological polar surface area (TPSA) is 30.5 Å². The van der Waals surface area contributed by atoms with Gasteiger partial charge in [0.15, 0.2) is 0 Å². The van der Waals surface area contributed by atoms with Crippen LogP contribution in [0.3, 0.4) is 0 Å². The van der Waals surface area contributed by atoms with Gasteiger partial charge in [0.05, 0.1) is 18.0 Å². The molecule has 0 radical (unpaired) electrons. The lowest BCUT2D eigenvalue weighted by Crippen LogP contribution is -2.47. The number of anilines is 2. The highest BCUT2D eigenvalue weighted by atomic mass is 15.7. The zero-order chi connectivity index (χ0) is 20.4. The van der Waals surface area contributed by atoms with Gasteiger partial charge >= 0.3 is 0 Å². The first-order valence-corrected chi connectivity index (χ1v) is 11.7. The third-order valence-corrected chi connectivity index (χ3v) is 6.23. The molecule has 2 atom stereocenters. The summed E-state index contributed by atoms with van der Waals surface area (Å²) in [6.07, 6.45) is 10.6. The summed E-state index contributed by atoms with van der Waals surface area (Å²) in [6, 6.07) is 6.63. The minimum Gasteiger partial charge on any atom is -0.302 e. The van der Waals surface area contributed by atoms with Crippen molar-refractivity contribution in [1.29, 1.82) is 0 Å². The van der Waals surface area contributed by atoms with E-state index in [1.165, 1.54) is 81.4 Å². The number of hydrogen-bond acceptors (Lipinski definition) is 4. The number of nitrogens with one attached hydrogen (secondary N) is 2. The highest BCUT2D eigenvalue weighted by molar-refractivity contribution is 5.73. The number of rotatable bonds is 14. The van der Waals surface area contributed by atoms with Gasteiger partial charge in [-0.25, -0.2) is 0 Å². The van der Waals surface area contributed by atoms with Crippen LogP contribution in [0.4, 0.5) is 11.4 Å². The summed E-state index contributed by atoms with van der Waals surface area (Å²) in [5, 5.41) is 2.29. The Morgan fingerprint density at radius 2 is 1.54 bits per heavy atom. The summed E-state index contributed by atoms with van der Waals surface area (Å²) in [5.74, 6) is 1.60. The highest BCUT2D eigenvalue weighted by Gasteiger charge is 2.23. The fourth-order valence-corrected chi connectivity index (χ4v) is 4.23. The Morgan fingerprint density at radius 1 is 0.929 bits per heavy atom. The molecule has 1 heterocycles. The second kappa shape index (κ2) is 12.3. The molecule has 0 bridgehead atoms. The molecule has 2 unspecified atom stereocenters. The Balaban J connectivity index is 2.08. The Hall–Kier alpha value is -1.26. The molecule has 4 heteroatoms. The first kappa shape index (κ1) is 23.0. The fraction of sp³-hybridized carbons (Fsp3) is 0.750. The molecule has 1 aliphatic heterocycles. The van der Waals surface area contributed by atoms with Crippen LogP contribution in [0.5, 0.6) is 0 Å². The van der Waals surface area contributed by atoms with Gasteiger partial charge in [-0.15, -0.1) is 5.53 Å². The van der Waals surface area contributed by atoms with Crippen molar-refractivity contribution in [1.82, 2.24) is 10.4 Å².